The molecule has 5 heteroatoms. The van der Waals surface area contributed by atoms with E-state index in [2.05, 4.69) is 21.9 Å². The fourth-order valence-electron chi connectivity index (χ4n) is 3.21. The van der Waals surface area contributed by atoms with Crippen molar-refractivity contribution < 1.29 is 4.79 Å². The van der Waals surface area contributed by atoms with Crippen LogP contribution in [0.25, 0.3) is 11.0 Å². The molecular weight excluding hydrogens is 288 g/mol. The number of aromatic nitrogens is 2. The fraction of sp³-hybridized carbons (Fsp3) is 0.500. The second-order valence-electron chi connectivity index (χ2n) is 6.39. The van der Waals surface area contributed by atoms with Crippen LogP contribution in [0.2, 0.25) is 0 Å². The normalized spacial score (nSPS) is 19.5. The van der Waals surface area contributed by atoms with Gasteiger partial charge in [0.25, 0.3) is 0 Å². The molecule has 1 aromatic carbocycles. The van der Waals surface area contributed by atoms with Gasteiger partial charge in [-0.25, -0.2) is 4.98 Å². The molecule has 0 radical (unpaired) electrons. The number of likely N-dealkylation sites (tertiary alicyclic amines) is 1. The predicted octanol–water partition coefficient (Wildman–Crippen LogP) is 2.46. The molecule has 2 heterocycles. The summed E-state index contributed by atoms with van der Waals surface area (Å²) in [5, 5.41) is 0. The van der Waals surface area contributed by atoms with Crippen molar-refractivity contribution in [3.05, 3.63) is 36.2 Å². The van der Waals surface area contributed by atoms with Crippen LogP contribution in [0.5, 0.6) is 0 Å². The minimum atomic E-state index is -0.00378. The molecule has 0 N–H and O–H groups in total. The summed E-state index contributed by atoms with van der Waals surface area (Å²) in [5.74, 6) is 0.185. The Bertz CT molecular complexity index is 688. The molecule has 3 rings (SSSR count). The molecule has 1 fully saturated rings. The van der Waals surface area contributed by atoms with Crippen LogP contribution in [0.3, 0.4) is 0 Å². The predicted molar refractivity (Wildman–Crippen MR) is 90.9 cm³/mol. The highest BCUT2D eigenvalue weighted by molar-refractivity contribution is 5.81. The van der Waals surface area contributed by atoms with E-state index in [-0.39, 0.29) is 11.9 Å². The number of fused-ring (bicyclic) bond motifs is 1. The van der Waals surface area contributed by atoms with Crippen LogP contribution in [0, 0.1) is 0 Å². The van der Waals surface area contributed by atoms with Crippen LogP contribution in [-0.4, -0.2) is 52.4 Å². The van der Waals surface area contributed by atoms with Gasteiger partial charge in [0.05, 0.1) is 35.5 Å². The molecule has 1 saturated heterocycles. The molecule has 1 aromatic heterocycles. The lowest BCUT2D eigenvalue weighted by molar-refractivity contribution is -0.135. The van der Waals surface area contributed by atoms with Gasteiger partial charge in [-0.3, -0.25) is 14.7 Å². The number of likely N-dealkylation sites (N-methyl/N-ethyl adjacent to an activating group) is 2. The van der Waals surface area contributed by atoms with Crippen LogP contribution < -0.4 is 0 Å². The Hall–Kier alpha value is -2.01. The topological polar surface area (TPSA) is 49.3 Å². The van der Waals surface area contributed by atoms with E-state index in [4.69, 9.17) is 0 Å². The third-order valence-corrected chi connectivity index (χ3v) is 4.58. The van der Waals surface area contributed by atoms with Crippen molar-refractivity contribution in [2.75, 3.05) is 20.6 Å². The van der Waals surface area contributed by atoms with Gasteiger partial charge in [-0.1, -0.05) is 25.0 Å². The molecule has 1 atom stereocenters. The Labute approximate surface area is 137 Å². The van der Waals surface area contributed by atoms with Crippen molar-refractivity contribution in [2.24, 2.45) is 0 Å². The molecule has 1 aliphatic heterocycles. The van der Waals surface area contributed by atoms with Gasteiger partial charge >= 0.3 is 0 Å². The van der Waals surface area contributed by atoms with Crippen molar-refractivity contribution in [1.82, 2.24) is 19.8 Å². The van der Waals surface area contributed by atoms with E-state index >= 15 is 0 Å². The molecular formula is C18H24N4O. The highest BCUT2D eigenvalue weighted by Crippen LogP contribution is 2.17. The van der Waals surface area contributed by atoms with Crippen molar-refractivity contribution in [3.8, 4) is 0 Å². The smallest absolute Gasteiger partial charge is 0.240 e. The van der Waals surface area contributed by atoms with E-state index in [1.54, 1.807) is 11.1 Å². The molecule has 5 nitrogen and oxygen atoms in total. The van der Waals surface area contributed by atoms with Gasteiger partial charge in [-0.2, -0.15) is 0 Å². The lowest BCUT2D eigenvalue weighted by Gasteiger charge is -2.29. The lowest BCUT2D eigenvalue weighted by Crippen LogP contribution is -2.45. The molecule has 0 saturated carbocycles. The van der Waals surface area contributed by atoms with Gasteiger partial charge in [0.2, 0.25) is 5.91 Å². The zero-order chi connectivity index (χ0) is 16.2. The van der Waals surface area contributed by atoms with Crippen LogP contribution in [0.15, 0.2) is 30.5 Å². The minimum absolute atomic E-state index is 0.00378. The standard InChI is InChI=1S/C18H24N4O/c1-21-11-7-3-4-10-17(21)18(23)22(2)13-14-12-19-15-8-5-6-9-16(15)20-14/h5-6,8-9,12,17H,3-4,7,10-11,13H2,1-2H3. The summed E-state index contributed by atoms with van der Waals surface area (Å²) in [4.78, 5) is 25.8. The Kier molecular flexibility index (Phi) is 4.86. The van der Waals surface area contributed by atoms with Crippen molar-refractivity contribution >= 4 is 16.9 Å². The summed E-state index contributed by atoms with van der Waals surface area (Å²) in [6.45, 7) is 1.50. The summed E-state index contributed by atoms with van der Waals surface area (Å²) in [7, 11) is 3.91. The number of carbonyl (C=O) groups excluding carboxylic acids is 1. The average molecular weight is 312 g/mol. The first-order valence-corrected chi connectivity index (χ1v) is 8.31. The van der Waals surface area contributed by atoms with Crippen molar-refractivity contribution in [2.45, 2.75) is 38.3 Å². The Morgan fingerprint density at radius 2 is 2.04 bits per heavy atom. The SMILES string of the molecule is CN(Cc1cnc2ccccc2n1)C(=O)C1CCCCCN1C. The Morgan fingerprint density at radius 3 is 2.87 bits per heavy atom. The number of amides is 1. The van der Waals surface area contributed by atoms with Gasteiger partial charge in [0, 0.05) is 7.05 Å². The maximum Gasteiger partial charge on any atom is 0.240 e. The molecule has 122 valence electrons. The lowest BCUT2D eigenvalue weighted by atomic mass is 10.1. The van der Waals surface area contributed by atoms with E-state index < -0.39 is 0 Å². The number of benzene rings is 1. The van der Waals surface area contributed by atoms with E-state index in [0.29, 0.717) is 6.54 Å². The second-order valence-corrected chi connectivity index (χ2v) is 6.39. The quantitative estimate of drug-likeness (QED) is 0.873. The summed E-state index contributed by atoms with van der Waals surface area (Å²) in [6, 6.07) is 7.80. The number of para-hydroxylation sites is 2. The third-order valence-electron chi connectivity index (χ3n) is 4.58. The molecule has 23 heavy (non-hydrogen) atoms. The van der Waals surface area contributed by atoms with Gasteiger partial charge < -0.3 is 4.90 Å². The van der Waals surface area contributed by atoms with Crippen LogP contribution in [-0.2, 0) is 11.3 Å². The number of hydrogen-bond donors (Lipinski definition) is 0. The third kappa shape index (κ3) is 3.67. The fourth-order valence-corrected chi connectivity index (χ4v) is 3.21. The monoisotopic (exact) mass is 312 g/mol. The first-order chi connectivity index (χ1) is 11.1. The number of nitrogens with zero attached hydrogens (tertiary/aromatic N) is 4. The van der Waals surface area contributed by atoms with E-state index in [1.165, 1.54) is 12.8 Å². The van der Waals surface area contributed by atoms with Crippen molar-refractivity contribution in [3.63, 3.8) is 0 Å². The molecule has 1 amide bonds. The van der Waals surface area contributed by atoms with Gasteiger partial charge in [-0.05, 0) is 38.6 Å². The summed E-state index contributed by atoms with van der Waals surface area (Å²) >= 11 is 0. The largest absolute Gasteiger partial charge is 0.338 e. The Balaban J connectivity index is 1.71. The van der Waals surface area contributed by atoms with E-state index in [1.807, 2.05) is 31.3 Å². The molecule has 1 unspecified atom stereocenters. The minimum Gasteiger partial charge on any atom is -0.338 e. The van der Waals surface area contributed by atoms with Crippen LogP contribution >= 0.6 is 0 Å². The number of rotatable bonds is 3. The molecule has 0 bridgehead atoms. The number of hydrogen-bond acceptors (Lipinski definition) is 4. The van der Waals surface area contributed by atoms with Crippen LogP contribution in [0.1, 0.15) is 31.4 Å². The molecule has 0 spiro atoms. The maximum absolute atomic E-state index is 12.8. The Morgan fingerprint density at radius 1 is 1.26 bits per heavy atom. The first kappa shape index (κ1) is 15.9. The zero-order valence-corrected chi connectivity index (χ0v) is 13.9. The summed E-state index contributed by atoms with van der Waals surface area (Å²) in [6.07, 6.45) is 6.24. The highest BCUT2D eigenvalue weighted by atomic mass is 16.2. The molecule has 0 aliphatic carbocycles. The summed E-state index contributed by atoms with van der Waals surface area (Å²) in [5.41, 5.74) is 2.59. The van der Waals surface area contributed by atoms with Gasteiger partial charge in [0.1, 0.15) is 0 Å². The van der Waals surface area contributed by atoms with Gasteiger partial charge in [-0.15, -0.1) is 0 Å². The highest BCUT2D eigenvalue weighted by Gasteiger charge is 2.27. The molecule has 1 aliphatic rings. The molecule has 2 aromatic rings. The van der Waals surface area contributed by atoms with Crippen LogP contribution in [0.4, 0.5) is 0 Å². The first-order valence-electron chi connectivity index (χ1n) is 8.31. The zero-order valence-electron chi connectivity index (χ0n) is 13.9. The number of carbonyl (C=O) groups is 1. The van der Waals surface area contributed by atoms with E-state index in [0.717, 1.165) is 36.1 Å². The maximum atomic E-state index is 12.8. The van der Waals surface area contributed by atoms with Gasteiger partial charge in [0.15, 0.2) is 0 Å². The average Bonchev–Trinajstić information content (AvgIpc) is 2.78. The second kappa shape index (κ2) is 7.04. The summed E-state index contributed by atoms with van der Waals surface area (Å²) < 4.78 is 0. The van der Waals surface area contributed by atoms with Crippen molar-refractivity contribution in [1.29, 1.82) is 0 Å². The van der Waals surface area contributed by atoms with E-state index in [9.17, 15) is 4.79 Å².